The molecule has 0 aromatic heterocycles. The molecule has 2 fully saturated rings. The molecule has 2 saturated carbocycles. The molecule has 2 rings (SSSR count). The number of carboxylic acid groups (broad SMARTS) is 1. The molecule has 11 heavy (non-hydrogen) atoms. The predicted molar refractivity (Wildman–Crippen MR) is 38.0 cm³/mol. The summed E-state index contributed by atoms with van der Waals surface area (Å²) in [5.41, 5.74) is 0. The first-order valence-corrected chi connectivity index (χ1v) is 4.09. The van der Waals surface area contributed by atoms with E-state index in [9.17, 15) is 9.90 Å². The van der Waals surface area contributed by atoms with Crippen molar-refractivity contribution in [3.63, 3.8) is 0 Å². The van der Waals surface area contributed by atoms with Gasteiger partial charge in [-0.05, 0) is 31.1 Å². The Balaban J connectivity index is 2.12. The summed E-state index contributed by atoms with van der Waals surface area (Å²) in [7, 11) is 0. The molecule has 0 aromatic rings. The van der Waals surface area contributed by atoms with Crippen LogP contribution in [-0.4, -0.2) is 22.3 Å². The first-order valence-electron chi connectivity index (χ1n) is 4.09. The van der Waals surface area contributed by atoms with Crippen molar-refractivity contribution in [2.45, 2.75) is 25.4 Å². The highest BCUT2D eigenvalue weighted by Crippen LogP contribution is 2.48. The number of carboxylic acids is 1. The monoisotopic (exact) mass is 156 g/mol. The SMILES string of the molecule is O=C(O)[C@@H]1C[C@H]2C[C@H]1[C@H](O)C2. The van der Waals surface area contributed by atoms with E-state index in [4.69, 9.17) is 5.11 Å². The molecule has 0 saturated heterocycles. The summed E-state index contributed by atoms with van der Waals surface area (Å²) in [6.45, 7) is 0. The molecular formula is C8H12O3. The number of aliphatic hydroxyl groups excluding tert-OH is 1. The van der Waals surface area contributed by atoms with Crippen molar-refractivity contribution in [2.75, 3.05) is 0 Å². The molecule has 0 amide bonds. The van der Waals surface area contributed by atoms with Crippen LogP contribution >= 0.6 is 0 Å². The van der Waals surface area contributed by atoms with Gasteiger partial charge in [-0.1, -0.05) is 0 Å². The van der Waals surface area contributed by atoms with Crippen molar-refractivity contribution < 1.29 is 15.0 Å². The molecule has 0 radical (unpaired) electrons. The fourth-order valence-electron chi connectivity index (χ4n) is 2.60. The van der Waals surface area contributed by atoms with Crippen LogP contribution in [0.5, 0.6) is 0 Å². The molecule has 0 unspecified atom stereocenters. The second-order valence-corrected chi connectivity index (χ2v) is 3.75. The van der Waals surface area contributed by atoms with Crippen molar-refractivity contribution >= 4 is 5.97 Å². The first-order chi connectivity index (χ1) is 5.18. The molecule has 2 N–H and O–H groups in total. The van der Waals surface area contributed by atoms with Crippen LogP contribution in [0, 0.1) is 17.8 Å². The van der Waals surface area contributed by atoms with Gasteiger partial charge in [-0.25, -0.2) is 0 Å². The van der Waals surface area contributed by atoms with Crippen molar-refractivity contribution in [2.24, 2.45) is 17.8 Å². The Labute approximate surface area is 65.0 Å². The highest BCUT2D eigenvalue weighted by atomic mass is 16.4. The van der Waals surface area contributed by atoms with Crippen LogP contribution in [0.3, 0.4) is 0 Å². The van der Waals surface area contributed by atoms with Crippen LogP contribution in [0.15, 0.2) is 0 Å². The number of hydrogen-bond acceptors (Lipinski definition) is 2. The minimum atomic E-state index is -0.726. The van der Waals surface area contributed by atoms with Gasteiger partial charge < -0.3 is 10.2 Å². The van der Waals surface area contributed by atoms with Crippen LogP contribution in [0.25, 0.3) is 0 Å². The summed E-state index contributed by atoms with van der Waals surface area (Å²) >= 11 is 0. The summed E-state index contributed by atoms with van der Waals surface area (Å²) in [5.74, 6) is -0.450. The Kier molecular flexibility index (Phi) is 1.42. The maximum Gasteiger partial charge on any atom is 0.306 e. The van der Waals surface area contributed by atoms with E-state index < -0.39 is 5.97 Å². The zero-order valence-corrected chi connectivity index (χ0v) is 6.23. The lowest BCUT2D eigenvalue weighted by atomic mass is 9.87. The number of hydrogen-bond donors (Lipinski definition) is 2. The van der Waals surface area contributed by atoms with Gasteiger partial charge in [0.25, 0.3) is 0 Å². The Morgan fingerprint density at radius 2 is 2.00 bits per heavy atom. The van der Waals surface area contributed by atoms with Crippen molar-refractivity contribution in [1.29, 1.82) is 0 Å². The lowest BCUT2D eigenvalue weighted by molar-refractivity contribution is -0.145. The standard InChI is InChI=1S/C8H12O3/c9-7-3-4-1-5(7)6(2-4)8(10)11/h4-7,9H,1-3H2,(H,10,11)/t4-,5-,6-,7-/m1/s1. The quantitative estimate of drug-likeness (QED) is 0.580. The van der Waals surface area contributed by atoms with Gasteiger partial charge in [0.15, 0.2) is 0 Å². The number of fused-ring (bicyclic) bond motifs is 2. The lowest BCUT2D eigenvalue weighted by Crippen LogP contribution is -2.29. The van der Waals surface area contributed by atoms with Crippen LogP contribution in [0.1, 0.15) is 19.3 Å². The second kappa shape index (κ2) is 2.21. The Morgan fingerprint density at radius 3 is 2.36 bits per heavy atom. The van der Waals surface area contributed by atoms with Gasteiger partial charge in [-0.2, -0.15) is 0 Å². The second-order valence-electron chi connectivity index (χ2n) is 3.75. The van der Waals surface area contributed by atoms with Gasteiger partial charge in [0, 0.05) is 0 Å². The summed E-state index contributed by atoms with van der Waals surface area (Å²) in [5, 5.41) is 18.1. The highest BCUT2D eigenvalue weighted by Gasteiger charge is 2.48. The third kappa shape index (κ3) is 0.948. The van der Waals surface area contributed by atoms with E-state index in [1.807, 2.05) is 0 Å². The van der Waals surface area contributed by atoms with E-state index in [0.717, 1.165) is 19.3 Å². The average Bonchev–Trinajstić information content (AvgIpc) is 2.43. The van der Waals surface area contributed by atoms with E-state index in [0.29, 0.717) is 5.92 Å². The molecule has 0 spiro atoms. The molecule has 0 heterocycles. The number of carbonyl (C=O) groups is 1. The van der Waals surface area contributed by atoms with E-state index in [1.54, 1.807) is 0 Å². The van der Waals surface area contributed by atoms with Crippen LogP contribution in [-0.2, 0) is 4.79 Å². The maximum atomic E-state index is 10.6. The summed E-state index contributed by atoms with van der Waals surface area (Å²) in [4.78, 5) is 10.6. The Bertz CT molecular complexity index is 190. The third-order valence-corrected chi connectivity index (χ3v) is 3.10. The maximum absolute atomic E-state index is 10.6. The van der Waals surface area contributed by atoms with Gasteiger partial charge in [0.05, 0.1) is 12.0 Å². The molecular weight excluding hydrogens is 144 g/mol. The molecule has 3 nitrogen and oxygen atoms in total. The summed E-state index contributed by atoms with van der Waals surface area (Å²) in [6.07, 6.45) is 2.21. The van der Waals surface area contributed by atoms with Crippen molar-refractivity contribution in [3.8, 4) is 0 Å². The van der Waals surface area contributed by atoms with Gasteiger partial charge in [-0.15, -0.1) is 0 Å². The van der Waals surface area contributed by atoms with E-state index in [2.05, 4.69) is 0 Å². The van der Waals surface area contributed by atoms with Gasteiger partial charge in [-0.3, -0.25) is 4.79 Å². The minimum Gasteiger partial charge on any atom is -0.481 e. The number of aliphatic hydroxyl groups is 1. The summed E-state index contributed by atoms with van der Waals surface area (Å²) in [6, 6.07) is 0. The minimum absolute atomic E-state index is 0.0532. The highest BCUT2D eigenvalue weighted by molar-refractivity contribution is 5.71. The van der Waals surface area contributed by atoms with Gasteiger partial charge in [0.2, 0.25) is 0 Å². The normalized spacial score (nSPS) is 48.1. The molecule has 3 heteroatoms. The van der Waals surface area contributed by atoms with Crippen LogP contribution in [0.2, 0.25) is 0 Å². The van der Waals surface area contributed by atoms with E-state index in [1.165, 1.54) is 0 Å². The molecule has 2 aliphatic carbocycles. The molecule has 2 bridgehead atoms. The molecule has 0 aliphatic heterocycles. The van der Waals surface area contributed by atoms with Gasteiger partial charge >= 0.3 is 5.97 Å². The molecule has 4 atom stereocenters. The largest absolute Gasteiger partial charge is 0.481 e. The number of rotatable bonds is 1. The Hall–Kier alpha value is -0.570. The zero-order valence-electron chi connectivity index (χ0n) is 6.23. The summed E-state index contributed by atoms with van der Waals surface area (Å²) < 4.78 is 0. The smallest absolute Gasteiger partial charge is 0.306 e. The van der Waals surface area contributed by atoms with Crippen molar-refractivity contribution in [1.82, 2.24) is 0 Å². The van der Waals surface area contributed by atoms with E-state index in [-0.39, 0.29) is 17.9 Å². The molecule has 62 valence electrons. The topological polar surface area (TPSA) is 57.5 Å². The first kappa shape index (κ1) is 7.10. The molecule has 2 aliphatic rings. The van der Waals surface area contributed by atoms with Crippen LogP contribution < -0.4 is 0 Å². The average molecular weight is 156 g/mol. The predicted octanol–water partition coefficient (Wildman–Crippen LogP) is 0.478. The fourth-order valence-corrected chi connectivity index (χ4v) is 2.60. The zero-order chi connectivity index (χ0) is 8.01. The number of aliphatic carboxylic acids is 1. The molecule has 0 aromatic carbocycles. The Morgan fingerprint density at radius 1 is 1.27 bits per heavy atom. The third-order valence-electron chi connectivity index (χ3n) is 3.10. The van der Waals surface area contributed by atoms with E-state index >= 15 is 0 Å². The fraction of sp³-hybridized carbons (Fsp3) is 0.875. The van der Waals surface area contributed by atoms with Crippen LogP contribution in [0.4, 0.5) is 0 Å². The van der Waals surface area contributed by atoms with Crippen molar-refractivity contribution in [3.05, 3.63) is 0 Å². The van der Waals surface area contributed by atoms with Gasteiger partial charge in [0.1, 0.15) is 0 Å². The lowest BCUT2D eigenvalue weighted by Gasteiger charge is -2.22.